The first kappa shape index (κ1) is 17.0. The van der Waals surface area contributed by atoms with E-state index in [9.17, 15) is 5.26 Å². The summed E-state index contributed by atoms with van der Waals surface area (Å²) in [7, 11) is 0. The van der Waals surface area contributed by atoms with Gasteiger partial charge in [-0.05, 0) is 50.2 Å². The van der Waals surface area contributed by atoms with E-state index in [0.29, 0.717) is 28.0 Å². The predicted octanol–water partition coefficient (Wildman–Crippen LogP) is 4.29. The number of nitrogens with zero attached hydrogens (tertiary/aromatic N) is 4. The number of nitrogens with two attached hydrogens (primary N) is 1. The maximum absolute atomic E-state index is 9.42. The van der Waals surface area contributed by atoms with Gasteiger partial charge in [0.1, 0.15) is 6.07 Å². The zero-order chi connectivity index (χ0) is 19.0. The van der Waals surface area contributed by atoms with Crippen LogP contribution in [0.15, 0.2) is 40.9 Å². The summed E-state index contributed by atoms with van der Waals surface area (Å²) in [5.41, 5.74) is 9.35. The second-order valence-corrected chi connectivity index (χ2v) is 7.39. The van der Waals surface area contributed by atoms with E-state index >= 15 is 0 Å². The third kappa shape index (κ3) is 3.32. The molecule has 0 fully saturated rings. The van der Waals surface area contributed by atoms with Gasteiger partial charge in [0.25, 0.3) is 5.89 Å². The molecule has 3 N–H and O–H groups in total. The van der Waals surface area contributed by atoms with Crippen LogP contribution in [0.1, 0.15) is 19.4 Å². The van der Waals surface area contributed by atoms with Crippen molar-refractivity contribution in [3.8, 4) is 28.9 Å². The molecular formula is C19H16N6OS. The van der Waals surface area contributed by atoms with Crippen LogP contribution < -0.4 is 11.1 Å². The smallest absolute Gasteiger partial charge is 0.258 e. The Balaban J connectivity index is 1.68. The van der Waals surface area contributed by atoms with Crippen molar-refractivity contribution in [2.75, 3.05) is 11.1 Å². The molecule has 0 atom stereocenters. The Kier molecular flexibility index (Phi) is 4.22. The molecule has 134 valence electrons. The third-order valence-electron chi connectivity index (χ3n) is 3.92. The van der Waals surface area contributed by atoms with E-state index in [0.717, 1.165) is 21.5 Å². The lowest BCUT2D eigenvalue weighted by molar-refractivity contribution is 0.432. The lowest BCUT2D eigenvalue weighted by Gasteiger charge is -2.11. The molecular weight excluding hydrogens is 360 g/mol. The molecule has 0 radical (unpaired) electrons. The van der Waals surface area contributed by atoms with Gasteiger partial charge in [0.15, 0.2) is 5.13 Å². The Labute approximate surface area is 159 Å². The Hall–Kier alpha value is -3.44. The summed E-state index contributed by atoms with van der Waals surface area (Å²) >= 11 is 1.43. The molecule has 4 aromatic rings. The average molecular weight is 376 g/mol. The number of rotatable bonds is 4. The van der Waals surface area contributed by atoms with Gasteiger partial charge in [-0.25, -0.2) is 4.98 Å². The van der Waals surface area contributed by atoms with Crippen molar-refractivity contribution >= 4 is 32.4 Å². The number of benzene rings is 2. The van der Waals surface area contributed by atoms with Crippen LogP contribution in [0.4, 0.5) is 10.8 Å². The highest BCUT2D eigenvalue weighted by Gasteiger charge is 2.14. The fourth-order valence-electron chi connectivity index (χ4n) is 2.75. The highest BCUT2D eigenvalue weighted by Crippen LogP contribution is 2.30. The van der Waals surface area contributed by atoms with E-state index in [1.54, 1.807) is 6.07 Å². The van der Waals surface area contributed by atoms with Crippen molar-refractivity contribution in [3.05, 3.63) is 42.0 Å². The van der Waals surface area contributed by atoms with Gasteiger partial charge in [-0.3, -0.25) is 0 Å². The SMILES string of the molecule is CC(C)Nc1ccc(-c2nc(-c3ccc4sc(N)nc4c3)no2)cc1C#N. The number of fused-ring (bicyclic) bond motifs is 1. The quantitative estimate of drug-likeness (QED) is 0.546. The summed E-state index contributed by atoms with van der Waals surface area (Å²) in [6.07, 6.45) is 0. The highest BCUT2D eigenvalue weighted by atomic mass is 32.1. The van der Waals surface area contributed by atoms with Crippen LogP contribution in [-0.4, -0.2) is 21.2 Å². The van der Waals surface area contributed by atoms with Crippen LogP contribution in [0.25, 0.3) is 33.1 Å². The minimum atomic E-state index is 0.229. The Morgan fingerprint density at radius 3 is 2.74 bits per heavy atom. The Morgan fingerprint density at radius 1 is 1.15 bits per heavy atom. The molecule has 2 aromatic carbocycles. The molecule has 4 rings (SSSR count). The lowest BCUT2D eigenvalue weighted by Crippen LogP contribution is -2.10. The van der Waals surface area contributed by atoms with Crippen molar-refractivity contribution in [3.63, 3.8) is 0 Å². The molecule has 0 aliphatic rings. The predicted molar refractivity (Wildman–Crippen MR) is 106 cm³/mol. The first-order chi connectivity index (χ1) is 13.0. The van der Waals surface area contributed by atoms with E-state index in [4.69, 9.17) is 10.3 Å². The normalized spacial score (nSPS) is 11.0. The van der Waals surface area contributed by atoms with Gasteiger partial charge in [-0.1, -0.05) is 16.5 Å². The van der Waals surface area contributed by atoms with Gasteiger partial charge in [0.2, 0.25) is 5.82 Å². The second-order valence-electron chi connectivity index (χ2n) is 6.33. The maximum Gasteiger partial charge on any atom is 0.258 e. The van der Waals surface area contributed by atoms with Crippen molar-refractivity contribution < 1.29 is 4.52 Å². The molecule has 2 heterocycles. The fraction of sp³-hybridized carbons (Fsp3) is 0.158. The maximum atomic E-state index is 9.42. The van der Waals surface area contributed by atoms with Gasteiger partial charge in [-0.15, -0.1) is 0 Å². The van der Waals surface area contributed by atoms with Crippen LogP contribution in [0.5, 0.6) is 0 Å². The van der Waals surface area contributed by atoms with E-state index < -0.39 is 0 Å². The highest BCUT2D eigenvalue weighted by molar-refractivity contribution is 7.22. The molecule has 8 heteroatoms. The van der Waals surface area contributed by atoms with Crippen molar-refractivity contribution in [2.24, 2.45) is 0 Å². The number of thiazole rings is 1. The molecule has 0 amide bonds. The average Bonchev–Trinajstić information content (AvgIpc) is 3.26. The van der Waals surface area contributed by atoms with Crippen LogP contribution in [0, 0.1) is 11.3 Å². The first-order valence-corrected chi connectivity index (χ1v) is 9.16. The van der Waals surface area contributed by atoms with Crippen LogP contribution >= 0.6 is 11.3 Å². The number of nitrogens with one attached hydrogen (secondary N) is 1. The number of hydrogen-bond acceptors (Lipinski definition) is 8. The molecule has 0 saturated carbocycles. The van der Waals surface area contributed by atoms with E-state index in [2.05, 4.69) is 26.5 Å². The summed E-state index contributed by atoms with van der Waals surface area (Å²) in [5, 5.41) is 17.2. The van der Waals surface area contributed by atoms with Gasteiger partial charge in [0, 0.05) is 17.2 Å². The lowest BCUT2D eigenvalue weighted by atomic mass is 10.1. The molecule has 0 aliphatic heterocycles. The van der Waals surface area contributed by atoms with Crippen molar-refractivity contribution in [1.82, 2.24) is 15.1 Å². The van der Waals surface area contributed by atoms with Crippen molar-refractivity contribution in [1.29, 1.82) is 5.26 Å². The zero-order valence-electron chi connectivity index (χ0n) is 14.7. The van der Waals surface area contributed by atoms with Gasteiger partial charge >= 0.3 is 0 Å². The third-order valence-corrected chi connectivity index (χ3v) is 4.79. The Bertz CT molecular complexity index is 1170. The fourth-order valence-corrected chi connectivity index (χ4v) is 3.46. The van der Waals surface area contributed by atoms with Gasteiger partial charge in [0.05, 0.1) is 21.5 Å². The molecule has 27 heavy (non-hydrogen) atoms. The molecule has 0 saturated heterocycles. The van der Waals surface area contributed by atoms with Gasteiger partial charge in [-0.2, -0.15) is 10.2 Å². The molecule has 0 aliphatic carbocycles. The standard InChI is InChI=1S/C19H16N6OS/c1-10(2)22-14-5-3-12(7-13(14)9-20)18-24-17(25-26-18)11-4-6-16-15(8-11)23-19(21)27-16/h3-8,10,22H,1-2H3,(H2,21,23). The summed E-state index contributed by atoms with van der Waals surface area (Å²) in [5.74, 6) is 0.817. The van der Waals surface area contributed by atoms with Crippen LogP contribution in [-0.2, 0) is 0 Å². The molecule has 2 aromatic heterocycles. The number of aromatic nitrogens is 3. The summed E-state index contributed by atoms with van der Waals surface area (Å²) in [6, 6.07) is 13.6. The monoisotopic (exact) mass is 376 g/mol. The molecule has 7 nitrogen and oxygen atoms in total. The topological polar surface area (TPSA) is 114 Å². The zero-order valence-corrected chi connectivity index (χ0v) is 15.5. The van der Waals surface area contributed by atoms with E-state index in [-0.39, 0.29) is 6.04 Å². The molecule has 0 unspecified atom stereocenters. The Morgan fingerprint density at radius 2 is 1.96 bits per heavy atom. The van der Waals surface area contributed by atoms with Crippen LogP contribution in [0.2, 0.25) is 0 Å². The molecule has 0 bridgehead atoms. The van der Waals surface area contributed by atoms with Crippen LogP contribution in [0.3, 0.4) is 0 Å². The van der Waals surface area contributed by atoms with Gasteiger partial charge < -0.3 is 15.6 Å². The number of nitrogen functional groups attached to an aromatic ring is 1. The number of hydrogen-bond donors (Lipinski definition) is 2. The minimum Gasteiger partial charge on any atom is -0.382 e. The largest absolute Gasteiger partial charge is 0.382 e. The number of anilines is 2. The van der Waals surface area contributed by atoms with E-state index in [1.807, 2.05) is 44.2 Å². The number of nitriles is 1. The summed E-state index contributed by atoms with van der Waals surface area (Å²) < 4.78 is 6.42. The minimum absolute atomic E-state index is 0.229. The van der Waals surface area contributed by atoms with E-state index in [1.165, 1.54) is 11.3 Å². The summed E-state index contributed by atoms with van der Waals surface area (Å²) in [4.78, 5) is 8.75. The first-order valence-electron chi connectivity index (χ1n) is 8.34. The second kappa shape index (κ2) is 6.70. The van der Waals surface area contributed by atoms with Crippen molar-refractivity contribution in [2.45, 2.75) is 19.9 Å². The molecule has 0 spiro atoms. The summed E-state index contributed by atoms with van der Waals surface area (Å²) in [6.45, 7) is 4.04.